The summed E-state index contributed by atoms with van der Waals surface area (Å²) in [6, 6.07) is 6.67. The van der Waals surface area contributed by atoms with Crippen LogP contribution in [0.5, 0.6) is 0 Å². The fraction of sp³-hybridized carbons (Fsp3) is 0.571. The number of benzene rings is 1. The molecule has 0 amide bonds. The molecule has 0 radical (unpaired) electrons. The molecule has 1 aromatic carbocycles. The van der Waals surface area contributed by atoms with Crippen LogP contribution in [0.25, 0.3) is 0 Å². The van der Waals surface area contributed by atoms with Gasteiger partial charge in [-0.25, -0.2) is 0 Å². The second kappa shape index (κ2) is 7.08. The molecule has 0 bridgehead atoms. The van der Waals surface area contributed by atoms with Crippen molar-refractivity contribution in [3.8, 4) is 0 Å². The van der Waals surface area contributed by atoms with Gasteiger partial charge in [0.05, 0.1) is 11.1 Å². The molecule has 1 aliphatic heterocycles. The molecular formula is C14H19ClINO. The van der Waals surface area contributed by atoms with E-state index in [9.17, 15) is 0 Å². The lowest BCUT2D eigenvalue weighted by Gasteiger charge is -2.19. The first-order chi connectivity index (χ1) is 8.70. The Morgan fingerprint density at radius 3 is 3.00 bits per heavy atom. The quantitative estimate of drug-likeness (QED) is 0.776. The number of hydrogen-bond donors (Lipinski definition) is 1. The van der Waals surface area contributed by atoms with Crippen LogP contribution in [0.4, 0.5) is 0 Å². The molecule has 100 valence electrons. The molecule has 2 nitrogen and oxygen atoms in total. The number of nitrogens with one attached hydrogen (secondary N) is 1. The highest BCUT2D eigenvalue weighted by molar-refractivity contribution is 14.1. The fourth-order valence-electron chi connectivity index (χ4n) is 2.43. The monoisotopic (exact) mass is 379 g/mol. The predicted molar refractivity (Wildman–Crippen MR) is 84.2 cm³/mol. The van der Waals surface area contributed by atoms with E-state index in [4.69, 9.17) is 16.3 Å². The van der Waals surface area contributed by atoms with Crippen molar-refractivity contribution in [2.75, 3.05) is 13.7 Å². The Kier molecular flexibility index (Phi) is 5.73. The summed E-state index contributed by atoms with van der Waals surface area (Å²) in [6.07, 6.45) is 5.10. The molecule has 1 fully saturated rings. The first-order valence-electron chi connectivity index (χ1n) is 6.44. The van der Waals surface area contributed by atoms with E-state index in [0.717, 1.165) is 28.0 Å². The zero-order valence-corrected chi connectivity index (χ0v) is 13.5. The second-order valence-corrected chi connectivity index (χ2v) is 6.30. The number of ether oxygens (including phenoxy) is 1. The molecule has 18 heavy (non-hydrogen) atoms. The van der Waals surface area contributed by atoms with E-state index in [2.05, 4.69) is 46.1 Å². The van der Waals surface area contributed by atoms with E-state index < -0.39 is 0 Å². The molecule has 0 aromatic heterocycles. The van der Waals surface area contributed by atoms with Crippen molar-refractivity contribution in [3.05, 3.63) is 32.4 Å². The summed E-state index contributed by atoms with van der Waals surface area (Å²) in [5.74, 6) is 0. The lowest BCUT2D eigenvalue weighted by Crippen LogP contribution is -2.18. The molecule has 1 aromatic rings. The Balaban J connectivity index is 1.96. The van der Waals surface area contributed by atoms with E-state index in [1.165, 1.54) is 18.4 Å². The standard InChI is InChI=1S/C14H19ClINO/c1-17-14(7-5-11-3-2-8-18-11)10-4-6-13(16)12(15)9-10/h4,6,9,11,14,17H,2-3,5,7-8H2,1H3. The van der Waals surface area contributed by atoms with E-state index in [1.807, 2.05) is 7.05 Å². The van der Waals surface area contributed by atoms with Crippen LogP contribution in [0.2, 0.25) is 5.02 Å². The van der Waals surface area contributed by atoms with Crippen LogP contribution < -0.4 is 5.32 Å². The van der Waals surface area contributed by atoms with E-state index in [-0.39, 0.29) is 0 Å². The zero-order chi connectivity index (χ0) is 13.0. The molecule has 1 N–H and O–H groups in total. The minimum Gasteiger partial charge on any atom is -0.378 e. The molecule has 2 unspecified atom stereocenters. The number of rotatable bonds is 5. The maximum absolute atomic E-state index is 6.18. The third-order valence-electron chi connectivity index (χ3n) is 3.50. The third kappa shape index (κ3) is 3.83. The molecule has 1 saturated heterocycles. The summed E-state index contributed by atoms with van der Waals surface area (Å²) in [4.78, 5) is 0. The minimum absolute atomic E-state index is 0.365. The Labute approximate surface area is 128 Å². The van der Waals surface area contributed by atoms with Crippen molar-refractivity contribution in [2.45, 2.75) is 37.8 Å². The van der Waals surface area contributed by atoms with Crippen LogP contribution in [0.3, 0.4) is 0 Å². The summed E-state index contributed by atoms with van der Waals surface area (Å²) in [6.45, 7) is 0.935. The average molecular weight is 380 g/mol. The van der Waals surface area contributed by atoms with Gasteiger partial charge in [-0.2, -0.15) is 0 Å². The molecular weight excluding hydrogens is 361 g/mol. The van der Waals surface area contributed by atoms with Gasteiger partial charge in [0.2, 0.25) is 0 Å². The molecule has 4 heteroatoms. The summed E-state index contributed by atoms with van der Waals surface area (Å²) < 4.78 is 6.78. The Hall–Kier alpha value is 0.160. The normalized spacial score (nSPS) is 21.2. The van der Waals surface area contributed by atoms with Crippen molar-refractivity contribution >= 4 is 34.2 Å². The highest BCUT2D eigenvalue weighted by Gasteiger charge is 2.18. The molecule has 0 aliphatic carbocycles. The maximum atomic E-state index is 6.18. The van der Waals surface area contributed by atoms with E-state index in [0.29, 0.717) is 12.1 Å². The van der Waals surface area contributed by atoms with Gasteiger partial charge in [0.25, 0.3) is 0 Å². The van der Waals surface area contributed by atoms with Crippen LogP contribution in [0, 0.1) is 3.57 Å². The van der Waals surface area contributed by atoms with Gasteiger partial charge in [0.15, 0.2) is 0 Å². The van der Waals surface area contributed by atoms with Crippen LogP contribution >= 0.6 is 34.2 Å². The first kappa shape index (κ1) is 14.6. The molecule has 2 rings (SSSR count). The molecule has 1 aliphatic rings. The number of halogens is 2. The van der Waals surface area contributed by atoms with E-state index >= 15 is 0 Å². The molecule has 1 heterocycles. The van der Waals surface area contributed by atoms with E-state index in [1.54, 1.807) is 0 Å². The van der Waals surface area contributed by atoms with Gasteiger partial charge in [0.1, 0.15) is 0 Å². The highest BCUT2D eigenvalue weighted by atomic mass is 127. The Bertz CT molecular complexity index is 393. The van der Waals surface area contributed by atoms with Gasteiger partial charge in [0, 0.05) is 16.2 Å². The average Bonchev–Trinajstić information content (AvgIpc) is 2.87. The molecule has 0 saturated carbocycles. The highest BCUT2D eigenvalue weighted by Crippen LogP contribution is 2.27. The third-order valence-corrected chi connectivity index (χ3v) is 5.07. The lowest BCUT2D eigenvalue weighted by molar-refractivity contribution is 0.0998. The predicted octanol–water partition coefficient (Wildman–Crippen LogP) is 4.16. The maximum Gasteiger partial charge on any atom is 0.0576 e. The van der Waals surface area contributed by atoms with Crippen molar-refractivity contribution < 1.29 is 4.74 Å². The molecule has 2 atom stereocenters. The SMILES string of the molecule is CNC(CCC1CCCO1)c1ccc(I)c(Cl)c1. The van der Waals surface area contributed by atoms with Crippen molar-refractivity contribution in [3.63, 3.8) is 0 Å². The Morgan fingerprint density at radius 1 is 1.56 bits per heavy atom. The first-order valence-corrected chi connectivity index (χ1v) is 7.90. The van der Waals surface area contributed by atoms with Gasteiger partial charge in [-0.15, -0.1) is 0 Å². The largest absolute Gasteiger partial charge is 0.378 e. The minimum atomic E-state index is 0.365. The van der Waals surface area contributed by atoms with Gasteiger partial charge < -0.3 is 10.1 Å². The van der Waals surface area contributed by atoms with Crippen molar-refractivity contribution in [2.24, 2.45) is 0 Å². The zero-order valence-electron chi connectivity index (χ0n) is 10.6. The van der Waals surface area contributed by atoms with Crippen LogP contribution in [-0.4, -0.2) is 19.8 Å². The fourth-order valence-corrected chi connectivity index (χ4v) is 2.96. The van der Waals surface area contributed by atoms with Crippen LogP contribution in [-0.2, 0) is 4.74 Å². The summed E-state index contributed by atoms with van der Waals surface area (Å²) in [5, 5.41) is 4.21. The second-order valence-electron chi connectivity index (χ2n) is 4.73. The summed E-state index contributed by atoms with van der Waals surface area (Å²) in [5.41, 5.74) is 1.26. The Morgan fingerprint density at radius 2 is 2.39 bits per heavy atom. The molecule has 0 spiro atoms. The van der Waals surface area contributed by atoms with Crippen LogP contribution in [0.15, 0.2) is 18.2 Å². The van der Waals surface area contributed by atoms with Gasteiger partial charge in [-0.1, -0.05) is 17.7 Å². The van der Waals surface area contributed by atoms with Gasteiger partial charge in [-0.05, 0) is 73.0 Å². The van der Waals surface area contributed by atoms with Gasteiger partial charge in [-0.3, -0.25) is 0 Å². The van der Waals surface area contributed by atoms with Crippen LogP contribution in [0.1, 0.15) is 37.3 Å². The van der Waals surface area contributed by atoms with Crippen molar-refractivity contribution in [1.29, 1.82) is 0 Å². The lowest BCUT2D eigenvalue weighted by atomic mass is 9.99. The van der Waals surface area contributed by atoms with Crippen molar-refractivity contribution in [1.82, 2.24) is 5.32 Å². The summed E-state index contributed by atoms with van der Waals surface area (Å²) >= 11 is 8.44. The van der Waals surface area contributed by atoms with Gasteiger partial charge >= 0.3 is 0 Å². The smallest absolute Gasteiger partial charge is 0.0576 e. The topological polar surface area (TPSA) is 21.3 Å². The number of hydrogen-bond acceptors (Lipinski definition) is 2. The summed E-state index contributed by atoms with van der Waals surface area (Å²) in [7, 11) is 2.01.